The third-order valence-electron chi connectivity index (χ3n) is 9.06. The quantitative estimate of drug-likeness (QED) is 0.235. The van der Waals surface area contributed by atoms with Crippen LogP contribution in [0.4, 0.5) is 16.0 Å². The molecule has 48 heavy (non-hydrogen) atoms. The van der Waals surface area contributed by atoms with Gasteiger partial charge in [0, 0.05) is 64.6 Å². The largest absolute Gasteiger partial charge is 0.492 e. The summed E-state index contributed by atoms with van der Waals surface area (Å²) in [6.45, 7) is 7.72. The van der Waals surface area contributed by atoms with E-state index in [2.05, 4.69) is 37.3 Å². The number of aromatic nitrogens is 4. The highest BCUT2D eigenvalue weighted by Gasteiger charge is 2.30. The van der Waals surface area contributed by atoms with Crippen LogP contribution in [-0.4, -0.2) is 124 Å². The van der Waals surface area contributed by atoms with Crippen molar-refractivity contribution in [2.24, 2.45) is 0 Å². The van der Waals surface area contributed by atoms with E-state index < -0.39 is 11.9 Å². The van der Waals surface area contributed by atoms with Gasteiger partial charge in [0.15, 0.2) is 17.5 Å². The highest BCUT2D eigenvalue weighted by molar-refractivity contribution is 5.81. The number of anilines is 2. The molecule has 5 heterocycles. The average Bonchev–Trinajstić information content (AvgIpc) is 3.54. The number of piperidine rings is 1. The van der Waals surface area contributed by atoms with Crippen LogP contribution in [0, 0.1) is 5.82 Å². The summed E-state index contributed by atoms with van der Waals surface area (Å²) in [5, 5.41) is 17.9. The number of hydrogen-bond acceptors (Lipinski definition) is 10. The third-order valence-corrected chi connectivity index (χ3v) is 9.06. The first-order valence-corrected chi connectivity index (χ1v) is 16.9. The van der Waals surface area contributed by atoms with E-state index in [9.17, 15) is 9.90 Å². The number of carbonyl (C=O) groups is 1. The summed E-state index contributed by atoms with van der Waals surface area (Å²) < 4.78 is 24.0. The predicted octanol–water partition coefficient (Wildman–Crippen LogP) is 3.37. The van der Waals surface area contributed by atoms with Gasteiger partial charge in [-0.2, -0.15) is 9.49 Å². The molecule has 13 heteroatoms. The van der Waals surface area contributed by atoms with Crippen molar-refractivity contribution in [3.8, 4) is 17.1 Å². The van der Waals surface area contributed by atoms with Gasteiger partial charge in [-0.05, 0) is 63.2 Å². The number of rotatable bonds is 12. The molecular formula is C35H46FN9O3. The van der Waals surface area contributed by atoms with Gasteiger partial charge < -0.3 is 29.9 Å². The molecule has 2 atom stereocenters. The molecule has 0 bridgehead atoms. The Morgan fingerprint density at radius 2 is 1.90 bits per heavy atom. The number of likely N-dealkylation sites (N-methyl/N-ethyl adjacent to an activating group) is 1. The number of ether oxygens (including phenoxy) is 1. The topological polar surface area (TPSA) is 115 Å². The van der Waals surface area contributed by atoms with E-state index in [1.54, 1.807) is 22.5 Å². The molecule has 0 spiro atoms. The van der Waals surface area contributed by atoms with E-state index in [4.69, 9.17) is 9.72 Å². The number of likely N-dealkylation sites (tertiary alicyclic amines) is 1. The molecule has 12 nitrogen and oxygen atoms in total. The molecule has 2 aliphatic rings. The molecule has 2 unspecified atom stereocenters. The zero-order chi connectivity index (χ0) is 33.6. The number of nitrogens with one attached hydrogen (secondary N) is 1. The second-order valence-corrected chi connectivity index (χ2v) is 12.9. The summed E-state index contributed by atoms with van der Waals surface area (Å²) in [4.78, 5) is 30.3. The predicted molar refractivity (Wildman–Crippen MR) is 184 cm³/mol. The fraction of sp³-hybridized carbons (Fsp3) is 0.486. The molecule has 0 saturated carbocycles. The molecule has 1 aromatic carbocycles. The van der Waals surface area contributed by atoms with Gasteiger partial charge in [0.2, 0.25) is 5.82 Å². The average molecular weight is 660 g/mol. The lowest BCUT2D eigenvalue weighted by atomic mass is 10.0. The highest BCUT2D eigenvalue weighted by Crippen LogP contribution is 2.31. The fourth-order valence-electron chi connectivity index (χ4n) is 6.25. The van der Waals surface area contributed by atoms with Gasteiger partial charge in [-0.15, -0.1) is 0 Å². The van der Waals surface area contributed by atoms with Crippen molar-refractivity contribution in [3.63, 3.8) is 0 Å². The third kappa shape index (κ3) is 7.86. The second-order valence-electron chi connectivity index (χ2n) is 12.9. The number of carbonyl (C=O) groups excluding carboxylic acids is 1. The number of halogens is 1. The van der Waals surface area contributed by atoms with Crippen LogP contribution < -0.4 is 15.0 Å². The van der Waals surface area contributed by atoms with Gasteiger partial charge in [0.05, 0.1) is 17.3 Å². The van der Waals surface area contributed by atoms with Crippen LogP contribution >= 0.6 is 0 Å². The highest BCUT2D eigenvalue weighted by atomic mass is 19.1. The minimum Gasteiger partial charge on any atom is -0.492 e. The summed E-state index contributed by atoms with van der Waals surface area (Å²) >= 11 is 0. The molecule has 2 saturated heterocycles. The zero-order valence-electron chi connectivity index (χ0n) is 28.1. The van der Waals surface area contributed by atoms with Crippen molar-refractivity contribution >= 4 is 23.1 Å². The summed E-state index contributed by atoms with van der Waals surface area (Å²) in [5.74, 6) is 0.808. The van der Waals surface area contributed by atoms with E-state index in [0.29, 0.717) is 50.6 Å². The SMILES string of the molecule is CCC(O)C(=O)N1CCCC(Nc2nc(-c3cnn4ccccc34)nc(N3CCN(Cc4ccc(OCCN(C)C)cc4)CC3)c2F)C1. The first kappa shape index (κ1) is 33.6. The monoisotopic (exact) mass is 659 g/mol. The molecule has 2 aliphatic heterocycles. The Balaban J connectivity index is 1.18. The number of aliphatic hydroxyl groups is 1. The molecule has 0 radical (unpaired) electrons. The number of aliphatic hydroxyl groups excluding tert-OH is 1. The lowest BCUT2D eigenvalue weighted by molar-refractivity contribution is -0.141. The Morgan fingerprint density at radius 3 is 2.65 bits per heavy atom. The van der Waals surface area contributed by atoms with Crippen LogP contribution in [0.3, 0.4) is 0 Å². The van der Waals surface area contributed by atoms with E-state index in [1.165, 1.54) is 5.56 Å². The maximum Gasteiger partial charge on any atom is 0.251 e. The smallest absolute Gasteiger partial charge is 0.251 e. The Bertz CT molecular complexity index is 1670. The maximum atomic E-state index is 16.4. The first-order chi connectivity index (χ1) is 23.3. The Hall–Kier alpha value is -4.33. The van der Waals surface area contributed by atoms with E-state index in [1.807, 2.05) is 55.5 Å². The van der Waals surface area contributed by atoms with Crippen molar-refractivity contribution < 1.29 is 19.0 Å². The summed E-state index contributed by atoms with van der Waals surface area (Å²) in [6, 6.07) is 13.8. The molecule has 6 rings (SSSR count). The lowest BCUT2D eigenvalue weighted by Crippen LogP contribution is -2.49. The molecule has 3 aromatic heterocycles. The normalized spacial score (nSPS) is 18.0. The lowest BCUT2D eigenvalue weighted by Gasteiger charge is -2.36. The molecule has 2 fully saturated rings. The number of fused-ring (bicyclic) bond motifs is 1. The van der Waals surface area contributed by atoms with Crippen LogP contribution in [0.1, 0.15) is 31.7 Å². The van der Waals surface area contributed by atoms with Crippen LogP contribution in [-0.2, 0) is 11.3 Å². The van der Waals surface area contributed by atoms with Crippen molar-refractivity contribution in [2.45, 2.75) is 44.9 Å². The van der Waals surface area contributed by atoms with Gasteiger partial charge in [-0.25, -0.2) is 14.5 Å². The van der Waals surface area contributed by atoms with Crippen LogP contribution in [0.2, 0.25) is 0 Å². The molecule has 4 aromatic rings. The number of benzene rings is 1. The van der Waals surface area contributed by atoms with Gasteiger partial charge in [0.25, 0.3) is 5.91 Å². The first-order valence-electron chi connectivity index (χ1n) is 16.9. The minimum absolute atomic E-state index is 0.107. The Kier molecular flexibility index (Phi) is 10.7. The second kappa shape index (κ2) is 15.3. The van der Waals surface area contributed by atoms with Gasteiger partial charge in [-0.3, -0.25) is 9.69 Å². The number of piperazine rings is 1. The van der Waals surface area contributed by atoms with Crippen molar-refractivity contribution in [2.75, 3.05) is 76.7 Å². The number of nitrogens with zero attached hydrogens (tertiary/aromatic N) is 8. The van der Waals surface area contributed by atoms with Crippen LogP contribution in [0.5, 0.6) is 5.75 Å². The molecule has 2 N–H and O–H groups in total. The van der Waals surface area contributed by atoms with Gasteiger partial charge >= 0.3 is 0 Å². The Morgan fingerprint density at radius 1 is 1.10 bits per heavy atom. The number of amides is 1. The molecule has 1 amide bonds. The zero-order valence-corrected chi connectivity index (χ0v) is 28.1. The summed E-state index contributed by atoms with van der Waals surface area (Å²) in [7, 11) is 4.05. The Labute approximate surface area is 281 Å². The minimum atomic E-state index is -1.03. The molecule has 256 valence electrons. The molecule has 0 aliphatic carbocycles. The van der Waals surface area contributed by atoms with Crippen molar-refractivity contribution in [3.05, 3.63) is 66.2 Å². The van der Waals surface area contributed by atoms with Crippen LogP contribution in [0.25, 0.3) is 16.9 Å². The van der Waals surface area contributed by atoms with E-state index >= 15 is 4.39 Å². The van der Waals surface area contributed by atoms with E-state index in [-0.39, 0.29) is 23.6 Å². The van der Waals surface area contributed by atoms with Gasteiger partial charge in [-0.1, -0.05) is 25.1 Å². The summed E-state index contributed by atoms with van der Waals surface area (Å²) in [6.07, 6.45) is 4.38. The number of pyridine rings is 1. The maximum absolute atomic E-state index is 16.4. The summed E-state index contributed by atoms with van der Waals surface area (Å²) in [5.41, 5.74) is 2.73. The fourth-order valence-corrected chi connectivity index (χ4v) is 6.25. The molecular weight excluding hydrogens is 613 g/mol. The van der Waals surface area contributed by atoms with Gasteiger partial charge in [0.1, 0.15) is 18.5 Å². The van der Waals surface area contributed by atoms with Crippen LogP contribution in [0.15, 0.2) is 54.9 Å². The standard InChI is InChI=1S/C35H46FN9O3/c1-4-30(46)35(47)44-14-7-8-26(24-44)38-33-31(36)34(40-32(39-33)28-22-37-45-15-6-5-9-29(28)45)43-18-16-42(17-19-43)23-25-10-12-27(13-11-25)48-21-20-41(2)3/h5-6,9-13,15,22,26,30,46H,4,7-8,14,16-21,23-24H2,1-3H3,(H,38,39,40). The van der Waals surface area contributed by atoms with Crippen molar-refractivity contribution in [1.82, 2.24) is 34.3 Å². The van der Waals surface area contributed by atoms with Crippen molar-refractivity contribution in [1.29, 1.82) is 0 Å². The van der Waals surface area contributed by atoms with E-state index in [0.717, 1.165) is 50.3 Å². The number of hydrogen-bond donors (Lipinski definition) is 2.